The van der Waals surface area contributed by atoms with E-state index in [1.54, 1.807) is 6.20 Å². The summed E-state index contributed by atoms with van der Waals surface area (Å²) in [5, 5.41) is 4.06. The molecular formula is C14H22ClN3. The highest BCUT2D eigenvalue weighted by Crippen LogP contribution is 2.29. The second kappa shape index (κ2) is 5.89. The summed E-state index contributed by atoms with van der Waals surface area (Å²) >= 11 is 6.18. The average molecular weight is 268 g/mol. The topological polar surface area (TPSA) is 28.2 Å². The molecule has 1 N–H and O–H groups in total. The summed E-state index contributed by atoms with van der Waals surface area (Å²) in [6, 6.07) is 2.69. The van der Waals surface area contributed by atoms with Crippen LogP contribution in [0.4, 0.5) is 5.82 Å². The Labute approximate surface area is 115 Å². The Kier molecular flexibility index (Phi) is 4.46. The van der Waals surface area contributed by atoms with Gasteiger partial charge in [0.1, 0.15) is 5.82 Å². The first-order valence-corrected chi connectivity index (χ1v) is 7.11. The third kappa shape index (κ3) is 2.96. The van der Waals surface area contributed by atoms with E-state index in [1.165, 1.54) is 6.42 Å². The zero-order chi connectivity index (χ0) is 13.1. The second-order valence-electron chi connectivity index (χ2n) is 5.26. The van der Waals surface area contributed by atoms with Gasteiger partial charge < -0.3 is 10.2 Å². The molecule has 1 aromatic heterocycles. The van der Waals surface area contributed by atoms with Crippen LogP contribution in [0.15, 0.2) is 12.3 Å². The van der Waals surface area contributed by atoms with Crippen molar-refractivity contribution in [2.24, 2.45) is 5.92 Å². The van der Waals surface area contributed by atoms with Crippen LogP contribution < -0.4 is 10.2 Å². The van der Waals surface area contributed by atoms with Gasteiger partial charge in [-0.15, -0.1) is 0 Å². The minimum absolute atomic E-state index is 0.570. The lowest BCUT2D eigenvalue weighted by Crippen LogP contribution is -2.27. The highest BCUT2D eigenvalue weighted by Gasteiger charge is 2.27. The molecule has 0 amide bonds. The van der Waals surface area contributed by atoms with Crippen molar-refractivity contribution in [3.05, 3.63) is 22.8 Å². The number of halogens is 1. The molecule has 100 valence electrons. The largest absolute Gasteiger partial charge is 0.354 e. The molecule has 0 radical (unpaired) electrons. The van der Waals surface area contributed by atoms with E-state index in [-0.39, 0.29) is 0 Å². The number of nitrogens with one attached hydrogen (secondary N) is 1. The van der Waals surface area contributed by atoms with E-state index >= 15 is 0 Å². The van der Waals surface area contributed by atoms with Gasteiger partial charge in [-0.1, -0.05) is 25.4 Å². The lowest BCUT2D eigenvalue weighted by atomic mass is 10.1. The molecule has 1 fully saturated rings. The summed E-state index contributed by atoms with van der Waals surface area (Å²) < 4.78 is 0. The first-order valence-electron chi connectivity index (χ1n) is 6.73. The molecule has 1 saturated heterocycles. The first kappa shape index (κ1) is 13.6. The molecule has 4 heteroatoms. The van der Waals surface area contributed by atoms with E-state index in [1.807, 2.05) is 0 Å². The molecule has 0 aromatic carbocycles. The van der Waals surface area contributed by atoms with Crippen molar-refractivity contribution >= 4 is 17.4 Å². The molecule has 2 heterocycles. The number of pyridine rings is 1. The Morgan fingerprint density at radius 2 is 2.28 bits per heavy atom. The third-order valence-electron chi connectivity index (χ3n) is 3.56. The normalized spacial score (nSPS) is 23.7. The summed E-state index contributed by atoms with van der Waals surface area (Å²) in [4.78, 5) is 6.87. The predicted molar refractivity (Wildman–Crippen MR) is 77.2 cm³/mol. The summed E-state index contributed by atoms with van der Waals surface area (Å²) in [5.41, 5.74) is 1.13. The SMILES string of the molecule is CCNCc1cc(N2CC(C)CC2C)ncc1Cl. The van der Waals surface area contributed by atoms with Crippen LogP contribution in [0, 0.1) is 5.92 Å². The minimum atomic E-state index is 0.570. The Hall–Kier alpha value is -0.800. The molecule has 2 rings (SSSR count). The Balaban J connectivity index is 2.18. The van der Waals surface area contributed by atoms with E-state index in [4.69, 9.17) is 11.6 Å². The number of hydrogen-bond donors (Lipinski definition) is 1. The maximum atomic E-state index is 6.18. The summed E-state index contributed by atoms with van der Waals surface area (Å²) in [6.45, 7) is 9.51. The zero-order valence-electron chi connectivity index (χ0n) is 11.4. The van der Waals surface area contributed by atoms with Gasteiger partial charge >= 0.3 is 0 Å². The molecule has 0 spiro atoms. The molecular weight excluding hydrogens is 246 g/mol. The molecule has 18 heavy (non-hydrogen) atoms. The van der Waals surface area contributed by atoms with Gasteiger partial charge in [0.2, 0.25) is 0 Å². The summed E-state index contributed by atoms with van der Waals surface area (Å²) in [6.07, 6.45) is 3.02. The van der Waals surface area contributed by atoms with Gasteiger partial charge in [-0.2, -0.15) is 0 Å². The van der Waals surface area contributed by atoms with Gasteiger partial charge in [0.05, 0.1) is 5.02 Å². The Morgan fingerprint density at radius 3 is 2.89 bits per heavy atom. The van der Waals surface area contributed by atoms with Crippen molar-refractivity contribution in [1.82, 2.24) is 10.3 Å². The quantitative estimate of drug-likeness (QED) is 0.909. The predicted octanol–water partition coefficient (Wildman–Crippen LogP) is 3.08. The van der Waals surface area contributed by atoms with Crippen LogP contribution in [0.3, 0.4) is 0 Å². The van der Waals surface area contributed by atoms with E-state index in [9.17, 15) is 0 Å². The van der Waals surface area contributed by atoms with Crippen LogP contribution in [0.1, 0.15) is 32.8 Å². The van der Waals surface area contributed by atoms with Crippen molar-refractivity contribution < 1.29 is 0 Å². The van der Waals surface area contributed by atoms with E-state index in [0.29, 0.717) is 6.04 Å². The van der Waals surface area contributed by atoms with Gasteiger partial charge in [0.25, 0.3) is 0 Å². The van der Waals surface area contributed by atoms with Gasteiger partial charge in [0, 0.05) is 25.3 Å². The fraction of sp³-hybridized carbons (Fsp3) is 0.643. The van der Waals surface area contributed by atoms with E-state index in [2.05, 4.69) is 42.0 Å². The molecule has 0 saturated carbocycles. The zero-order valence-corrected chi connectivity index (χ0v) is 12.2. The number of anilines is 1. The smallest absolute Gasteiger partial charge is 0.129 e. The molecule has 0 aliphatic carbocycles. The fourth-order valence-electron chi connectivity index (χ4n) is 2.64. The lowest BCUT2D eigenvalue weighted by Gasteiger charge is -2.23. The first-order chi connectivity index (χ1) is 8.61. The molecule has 0 bridgehead atoms. The van der Waals surface area contributed by atoms with E-state index in [0.717, 1.165) is 42.0 Å². The van der Waals surface area contributed by atoms with Gasteiger partial charge in [-0.25, -0.2) is 4.98 Å². The van der Waals surface area contributed by atoms with Crippen molar-refractivity contribution in [2.75, 3.05) is 18.0 Å². The Bertz CT molecular complexity index is 408. The third-order valence-corrected chi connectivity index (χ3v) is 3.90. The maximum absolute atomic E-state index is 6.18. The number of rotatable bonds is 4. The Morgan fingerprint density at radius 1 is 1.50 bits per heavy atom. The van der Waals surface area contributed by atoms with Crippen LogP contribution >= 0.6 is 11.6 Å². The average Bonchev–Trinajstić information content (AvgIpc) is 2.67. The monoisotopic (exact) mass is 267 g/mol. The van der Waals surface area contributed by atoms with Gasteiger partial charge in [-0.3, -0.25) is 0 Å². The molecule has 2 unspecified atom stereocenters. The van der Waals surface area contributed by atoms with Gasteiger partial charge in [0.15, 0.2) is 0 Å². The van der Waals surface area contributed by atoms with Crippen molar-refractivity contribution in [3.8, 4) is 0 Å². The van der Waals surface area contributed by atoms with Gasteiger partial charge in [-0.05, 0) is 37.4 Å². The van der Waals surface area contributed by atoms with E-state index < -0.39 is 0 Å². The van der Waals surface area contributed by atoms with Crippen LogP contribution in [0.5, 0.6) is 0 Å². The van der Waals surface area contributed by atoms with Crippen LogP contribution in [-0.2, 0) is 6.54 Å². The standard InChI is InChI=1S/C14H22ClN3/c1-4-16-7-12-6-14(17-8-13(12)15)18-9-10(2)5-11(18)3/h6,8,10-11,16H,4-5,7,9H2,1-3H3. The highest BCUT2D eigenvalue weighted by atomic mass is 35.5. The number of aromatic nitrogens is 1. The minimum Gasteiger partial charge on any atom is -0.354 e. The summed E-state index contributed by atoms with van der Waals surface area (Å²) in [5.74, 6) is 1.80. The van der Waals surface area contributed by atoms with Crippen molar-refractivity contribution in [3.63, 3.8) is 0 Å². The maximum Gasteiger partial charge on any atom is 0.129 e. The van der Waals surface area contributed by atoms with Crippen molar-refractivity contribution in [2.45, 2.75) is 39.8 Å². The molecule has 1 aliphatic rings. The second-order valence-corrected chi connectivity index (χ2v) is 5.66. The number of hydrogen-bond acceptors (Lipinski definition) is 3. The van der Waals surface area contributed by atoms with Crippen molar-refractivity contribution in [1.29, 1.82) is 0 Å². The highest BCUT2D eigenvalue weighted by molar-refractivity contribution is 6.31. The summed E-state index contributed by atoms with van der Waals surface area (Å²) in [7, 11) is 0. The number of nitrogens with zero attached hydrogens (tertiary/aromatic N) is 2. The van der Waals surface area contributed by atoms with Crippen LogP contribution in [0.25, 0.3) is 0 Å². The molecule has 1 aliphatic heterocycles. The van der Waals surface area contributed by atoms with Crippen LogP contribution in [-0.4, -0.2) is 24.1 Å². The molecule has 3 nitrogen and oxygen atoms in total. The fourth-order valence-corrected chi connectivity index (χ4v) is 2.81. The molecule has 1 aromatic rings. The molecule has 2 atom stereocenters. The van der Waals surface area contributed by atoms with Crippen LogP contribution in [0.2, 0.25) is 5.02 Å². The lowest BCUT2D eigenvalue weighted by molar-refractivity contribution is 0.625.